The molecule has 5 heteroatoms. The van der Waals surface area contributed by atoms with E-state index in [0.29, 0.717) is 0 Å². The highest BCUT2D eigenvalue weighted by Crippen LogP contribution is 2.40. The van der Waals surface area contributed by atoms with Crippen molar-refractivity contribution in [2.45, 2.75) is 64.0 Å². The van der Waals surface area contributed by atoms with E-state index in [1.54, 1.807) is 0 Å². The van der Waals surface area contributed by atoms with Gasteiger partial charge in [0.1, 0.15) is 20.2 Å². The van der Waals surface area contributed by atoms with Gasteiger partial charge in [-0.05, 0) is 18.1 Å². The van der Waals surface area contributed by atoms with Gasteiger partial charge in [0.05, 0.1) is 6.10 Å². The van der Waals surface area contributed by atoms with E-state index < -0.39 is 20.4 Å². The molecular formula is C12H23BO3Si. The average molecular weight is 254 g/mol. The highest BCUT2D eigenvalue weighted by atomic mass is 28.4. The summed E-state index contributed by atoms with van der Waals surface area (Å²) < 4.78 is 11.7. The van der Waals surface area contributed by atoms with Crippen LogP contribution in [0.25, 0.3) is 0 Å². The van der Waals surface area contributed by atoms with Gasteiger partial charge >= 0.3 is 0 Å². The zero-order valence-corrected chi connectivity index (χ0v) is 12.7. The summed E-state index contributed by atoms with van der Waals surface area (Å²) in [6.45, 7) is 12.9. The van der Waals surface area contributed by atoms with E-state index in [9.17, 15) is 4.79 Å². The Kier molecular flexibility index (Phi) is 4.27. The molecule has 4 atom stereocenters. The lowest BCUT2D eigenvalue weighted by Gasteiger charge is -2.40. The summed E-state index contributed by atoms with van der Waals surface area (Å²) in [5, 5.41) is 0.131. The largest absolute Gasteiger partial charge is 0.412 e. The molecular weight excluding hydrogens is 231 g/mol. The van der Waals surface area contributed by atoms with Gasteiger partial charge in [-0.1, -0.05) is 27.7 Å². The van der Waals surface area contributed by atoms with Crippen LogP contribution in [0.15, 0.2) is 0 Å². The smallest absolute Gasteiger partial charge is 0.192 e. The van der Waals surface area contributed by atoms with Crippen LogP contribution >= 0.6 is 0 Å². The van der Waals surface area contributed by atoms with Gasteiger partial charge in [-0.3, -0.25) is 0 Å². The monoisotopic (exact) mass is 254 g/mol. The molecule has 1 aliphatic rings. The Labute approximate surface area is 107 Å². The maximum absolute atomic E-state index is 10.8. The summed E-state index contributed by atoms with van der Waals surface area (Å²) in [6, 6.07) is -0.491. The van der Waals surface area contributed by atoms with Crippen LogP contribution in [0.5, 0.6) is 0 Å². The molecule has 0 unspecified atom stereocenters. The van der Waals surface area contributed by atoms with Crippen LogP contribution in [0.2, 0.25) is 18.1 Å². The van der Waals surface area contributed by atoms with Crippen molar-refractivity contribution in [3.8, 4) is 0 Å². The Balaban J connectivity index is 2.78. The van der Waals surface area contributed by atoms with Crippen LogP contribution in [0, 0.1) is 5.92 Å². The summed E-state index contributed by atoms with van der Waals surface area (Å²) in [7, 11) is 4.03. The summed E-state index contributed by atoms with van der Waals surface area (Å²) in [6.07, 6.45) is 0.213. The van der Waals surface area contributed by atoms with Crippen LogP contribution in [-0.2, 0) is 14.0 Å². The zero-order chi connectivity index (χ0) is 13.4. The van der Waals surface area contributed by atoms with Gasteiger partial charge in [0.2, 0.25) is 0 Å². The molecule has 96 valence electrons. The summed E-state index contributed by atoms with van der Waals surface area (Å²) >= 11 is 0. The average Bonchev–Trinajstić information content (AvgIpc) is 2.43. The van der Waals surface area contributed by atoms with E-state index in [1.807, 2.05) is 6.92 Å². The number of aldehydes is 1. The molecule has 1 saturated heterocycles. The van der Waals surface area contributed by atoms with E-state index in [4.69, 9.17) is 17.0 Å². The van der Waals surface area contributed by atoms with Crippen LogP contribution in [-0.4, -0.2) is 40.7 Å². The third-order valence-corrected chi connectivity index (χ3v) is 8.52. The number of hydrogen-bond donors (Lipinski definition) is 0. The first kappa shape index (κ1) is 14.9. The minimum Gasteiger partial charge on any atom is -0.412 e. The lowest BCUT2D eigenvalue weighted by Crippen LogP contribution is -2.47. The second kappa shape index (κ2) is 4.86. The molecule has 3 nitrogen and oxygen atoms in total. The maximum Gasteiger partial charge on any atom is 0.192 e. The molecule has 0 spiro atoms. The van der Waals surface area contributed by atoms with Gasteiger partial charge < -0.3 is 14.0 Å². The molecule has 0 bridgehead atoms. The van der Waals surface area contributed by atoms with Crippen LogP contribution in [0.4, 0.5) is 0 Å². The number of carbonyl (C=O) groups excluding carboxylic acids is 1. The second-order valence-corrected chi connectivity index (χ2v) is 11.2. The lowest BCUT2D eigenvalue weighted by molar-refractivity contribution is -0.117. The van der Waals surface area contributed by atoms with Gasteiger partial charge in [-0.2, -0.15) is 0 Å². The van der Waals surface area contributed by atoms with Crippen molar-refractivity contribution in [3.05, 3.63) is 0 Å². The molecule has 1 fully saturated rings. The van der Waals surface area contributed by atoms with E-state index in [1.165, 1.54) is 0 Å². The lowest BCUT2D eigenvalue weighted by atomic mass is 9.89. The van der Waals surface area contributed by atoms with Gasteiger partial charge in [0.25, 0.3) is 0 Å². The Morgan fingerprint density at radius 1 is 1.35 bits per heavy atom. The first-order valence-electron chi connectivity index (χ1n) is 6.14. The van der Waals surface area contributed by atoms with Gasteiger partial charge in [-0.15, -0.1) is 0 Å². The fraction of sp³-hybridized carbons (Fsp3) is 0.917. The Morgan fingerprint density at radius 3 is 2.24 bits per heavy atom. The van der Waals surface area contributed by atoms with Crippen molar-refractivity contribution in [1.82, 2.24) is 0 Å². The summed E-state index contributed by atoms with van der Waals surface area (Å²) in [4.78, 5) is 10.8. The molecule has 0 N–H and O–H groups in total. The molecule has 0 amide bonds. The van der Waals surface area contributed by atoms with Crippen molar-refractivity contribution >= 4 is 22.4 Å². The fourth-order valence-corrected chi connectivity index (χ4v) is 3.10. The quantitative estimate of drug-likeness (QED) is 0.571. The second-order valence-electron chi connectivity index (χ2n) is 6.40. The highest BCUT2D eigenvalue weighted by Gasteiger charge is 2.46. The molecule has 0 saturated carbocycles. The molecule has 17 heavy (non-hydrogen) atoms. The predicted octanol–water partition coefficient (Wildman–Crippen LogP) is 2.11. The first-order valence-corrected chi connectivity index (χ1v) is 9.05. The van der Waals surface area contributed by atoms with Crippen molar-refractivity contribution in [2.24, 2.45) is 5.92 Å². The van der Waals surface area contributed by atoms with Crippen molar-refractivity contribution in [3.63, 3.8) is 0 Å². The molecule has 0 aliphatic carbocycles. The number of hydrogen-bond acceptors (Lipinski definition) is 3. The molecule has 0 aromatic heterocycles. The Hall–Kier alpha value is -0.128. The zero-order valence-electron chi connectivity index (χ0n) is 11.7. The molecule has 1 rings (SSSR count). The molecule has 1 heterocycles. The van der Waals surface area contributed by atoms with E-state index in [0.717, 1.165) is 6.29 Å². The minimum absolute atomic E-state index is 0.0247. The number of carbonyl (C=O) groups is 1. The summed E-state index contributed by atoms with van der Waals surface area (Å²) in [5.74, 6) is 0.0247. The topological polar surface area (TPSA) is 35.5 Å². The Bertz CT molecular complexity index is 288. The van der Waals surface area contributed by atoms with Crippen LogP contribution < -0.4 is 0 Å². The first-order chi connectivity index (χ1) is 7.60. The van der Waals surface area contributed by atoms with Gasteiger partial charge in [0.15, 0.2) is 8.32 Å². The molecule has 2 radical (unpaired) electrons. The normalized spacial score (nSPS) is 34.9. The third-order valence-electron chi connectivity index (χ3n) is 4.05. The SMILES string of the molecule is [B][C@@H]1O[C@H](C=O)[C@@H](C)[C@H]1O[Si](C)(C)C(C)(C)C. The van der Waals surface area contributed by atoms with Crippen molar-refractivity contribution in [1.29, 1.82) is 0 Å². The van der Waals surface area contributed by atoms with E-state index in [-0.39, 0.29) is 17.1 Å². The summed E-state index contributed by atoms with van der Waals surface area (Å²) in [5.41, 5.74) is 0. The fourth-order valence-electron chi connectivity index (χ4n) is 1.72. The van der Waals surface area contributed by atoms with Crippen molar-refractivity contribution < 1.29 is 14.0 Å². The Morgan fingerprint density at radius 2 is 1.88 bits per heavy atom. The number of ether oxygens (including phenoxy) is 1. The standard InChI is InChI=1S/C12H23BO3Si/c1-8-9(7-14)15-11(13)10(8)16-17(5,6)12(2,3)4/h7-11H,1-6H3/t8-,9-,10-,11-/m1/s1. The molecule has 1 aliphatic heterocycles. The van der Waals surface area contributed by atoms with Gasteiger partial charge in [-0.25, -0.2) is 0 Å². The predicted molar refractivity (Wildman–Crippen MR) is 71.7 cm³/mol. The van der Waals surface area contributed by atoms with E-state index >= 15 is 0 Å². The van der Waals surface area contributed by atoms with Gasteiger partial charge in [0, 0.05) is 11.9 Å². The van der Waals surface area contributed by atoms with E-state index in [2.05, 4.69) is 33.9 Å². The number of rotatable bonds is 3. The minimum atomic E-state index is -1.87. The third kappa shape index (κ3) is 3.01. The highest BCUT2D eigenvalue weighted by molar-refractivity contribution is 6.74. The maximum atomic E-state index is 10.8. The molecule has 0 aromatic carbocycles. The van der Waals surface area contributed by atoms with Crippen LogP contribution in [0.1, 0.15) is 27.7 Å². The van der Waals surface area contributed by atoms with Crippen molar-refractivity contribution in [2.75, 3.05) is 0 Å². The molecule has 0 aromatic rings. The van der Waals surface area contributed by atoms with Crippen LogP contribution in [0.3, 0.4) is 0 Å².